The molecule has 2 N–H and O–H groups in total. The van der Waals surface area contributed by atoms with E-state index in [1.54, 1.807) is 12.1 Å². The Morgan fingerprint density at radius 2 is 2.24 bits per heavy atom. The van der Waals surface area contributed by atoms with E-state index in [2.05, 4.69) is 5.32 Å². The minimum atomic E-state index is -0.864. The van der Waals surface area contributed by atoms with Gasteiger partial charge in [-0.2, -0.15) is 0 Å². The first-order valence-corrected chi connectivity index (χ1v) is 5.65. The first kappa shape index (κ1) is 11.7. The van der Waals surface area contributed by atoms with E-state index in [9.17, 15) is 9.59 Å². The summed E-state index contributed by atoms with van der Waals surface area (Å²) in [4.78, 5) is 22.7. The average molecular weight is 237 g/mol. The quantitative estimate of drug-likeness (QED) is 0.814. The lowest BCUT2D eigenvalue weighted by Crippen LogP contribution is -2.42. The van der Waals surface area contributed by atoms with Crippen molar-refractivity contribution in [3.8, 4) is 0 Å². The molecule has 0 atom stereocenters. The Morgan fingerprint density at radius 3 is 2.71 bits per heavy atom. The minimum absolute atomic E-state index is 0.0586. The number of aliphatic carboxylic acids is 1. The molecule has 1 heterocycles. The summed E-state index contributed by atoms with van der Waals surface area (Å²) >= 11 is 0. The first-order valence-electron chi connectivity index (χ1n) is 5.65. The standard InChI is InChI=1S/C12H15NO4/c14-10(13-8-9-3-1-6-17-9)7-12(11(15)16)4-2-5-12/h1,3,6H,2,4-5,7-8H2,(H,13,14)(H,15,16). The lowest BCUT2D eigenvalue weighted by Gasteiger charge is -2.36. The van der Waals surface area contributed by atoms with Crippen LogP contribution in [0.1, 0.15) is 31.4 Å². The van der Waals surface area contributed by atoms with Crippen LogP contribution in [-0.2, 0) is 16.1 Å². The average Bonchev–Trinajstić information content (AvgIpc) is 2.72. The zero-order valence-corrected chi connectivity index (χ0v) is 9.44. The molecule has 1 aliphatic rings. The summed E-state index contributed by atoms with van der Waals surface area (Å²) in [5, 5.41) is 11.8. The summed E-state index contributed by atoms with van der Waals surface area (Å²) in [6.07, 6.45) is 3.67. The topological polar surface area (TPSA) is 79.5 Å². The Morgan fingerprint density at radius 1 is 1.47 bits per heavy atom. The van der Waals surface area contributed by atoms with Crippen molar-refractivity contribution >= 4 is 11.9 Å². The molecule has 5 heteroatoms. The second kappa shape index (κ2) is 4.61. The fourth-order valence-electron chi connectivity index (χ4n) is 2.04. The number of amides is 1. The highest BCUT2D eigenvalue weighted by Crippen LogP contribution is 2.44. The molecule has 0 saturated heterocycles. The second-order valence-corrected chi connectivity index (χ2v) is 4.47. The molecule has 0 bridgehead atoms. The van der Waals surface area contributed by atoms with Crippen LogP contribution in [0.15, 0.2) is 22.8 Å². The van der Waals surface area contributed by atoms with Crippen LogP contribution in [0, 0.1) is 5.41 Å². The van der Waals surface area contributed by atoms with E-state index in [1.807, 2.05) is 0 Å². The molecular weight excluding hydrogens is 222 g/mol. The maximum atomic E-state index is 11.6. The van der Waals surface area contributed by atoms with Gasteiger partial charge in [0.05, 0.1) is 18.2 Å². The molecule has 0 unspecified atom stereocenters. The highest BCUT2D eigenvalue weighted by atomic mass is 16.4. The van der Waals surface area contributed by atoms with E-state index in [4.69, 9.17) is 9.52 Å². The Balaban J connectivity index is 1.83. The van der Waals surface area contributed by atoms with Gasteiger partial charge in [0.2, 0.25) is 5.91 Å². The molecule has 0 radical (unpaired) electrons. The van der Waals surface area contributed by atoms with Gasteiger partial charge in [0.15, 0.2) is 0 Å². The molecule has 92 valence electrons. The molecular formula is C12H15NO4. The van der Waals surface area contributed by atoms with Crippen molar-refractivity contribution in [1.82, 2.24) is 5.32 Å². The first-order chi connectivity index (χ1) is 8.12. The summed E-state index contributed by atoms with van der Waals surface area (Å²) in [6, 6.07) is 3.50. The van der Waals surface area contributed by atoms with Gasteiger partial charge in [-0.15, -0.1) is 0 Å². The van der Waals surface area contributed by atoms with Crippen molar-refractivity contribution in [2.24, 2.45) is 5.41 Å². The van der Waals surface area contributed by atoms with E-state index in [0.717, 1.165) is 6.42 Å². The molecule has 0 aromatic carbocycles. The van der Waals surface area contributed by atoms with Gasteiger partial charge in [-0.05, 0) is 25.0 Å². The van der Waals surface area contributed by atoms with Crippen LogP contribution in [0.2, 0.25) is 0 Å². The number of carbonyl (C=O) groups excluding carboxylic acids is 1. The van der Waals surface area contributed by atoms with Crippen LogP contribution >= 0.6 is 0 Å². The van der Waals surface area contributed by atoms with Crippen molar-refractivity contribution in [3.63, 3.8) is 0 Å². The largest absolute Gasteiger partial charge is 0.481 e. The summed E-state index contributed by atoms with van der Waals surface area (Å²) in [5.41, 5.74) is -0.826. The van der Waals surface area contributed by atoms with E-state index < -0.39 is 11.4 Å². The van der Waals surface area contributed by atoms with Crippen molar-refractivity contribution in [2.45, 2.75) is 32.2 Å². The normalized spacial score (nSPS) is 17.2. The number of nitrogens with one attached hydrogen (secondary N) is 1. The summed E-state index contributed by atoms with van der Waals surface area (Å²) < 4.78 is 5.07. The van der Waals surface area contributed by atoms with E-state index in [0.29, 0.717) is 25.1 Å². The third kappa shape index (κ3) is 2.49. The lowest BCUT2D eigenvalue weighted by molar-refractivity contribution is -0.157. The van der Waals surface area contributed by atoms with E-state index >= 15 is 0 Å². The monoisotopic (exact) mass is 237 g/mol. The highest BCUT2D eigenvalue weighted by molar-refractivity contribution is 5.85. The van der Waals surface area contributed by atoms with Gasteiger partial charge in [-0.3, -0.25) is 9.59 Å². The third-order valence-corrected chi connectivity index (χ3v) is 3.30. The van der Waals surface area contributed by atoms with Gasteiger partial charge in [0.25, 0.3) is 0 Å². The molecule has 1 aromatic rings. The van der Waals surface area contributed by atoms with Crippen LogP contribution in [0.3, 0.4) is 0 Å². The molecule has 0 aliphatic heterocycles. The van der Waals surface area contributed by atoms with E-state index in [1.165, 1.54) is 6.26 Å². The molecule has 5 nitrogen and oxygen atoms in total. The number of hydrogen-bond acceptors (Lipinski definition) is 3. The smallest absolute Gasteiger partial charge is 0.310 e. The van der Waals surface area contributed by atoms with Crippen molar-refractivity contribution in [3.05, 3.63) is 24.2 Å². The van der Waals surface area contributed by atoms with Crippen LogP contribution in [-0.4, -0.2) is 17.0 Å². The number of furan rings is 1. The van der Waals surface area contributed by atoms with Gasteiger partial charge in [0.1, 0.15) is 5.76 Å². The molecule has 1 amide bonds. The van der Waals surface area contributed by atoms with Gasteiger partial charge in [-0.25, -0.2) is 0 Å². The number of carboxylic acids is 1. The fourth-order valence-corrected chi connectivity index (χ4v) is 2.04. The SMILES string of the molecule is O=C(CC1(C(=O)O)CCC1)NCc1ccco1. The van der Waals surface area contributed by atoms with Crippen LogP contribution < -0.4 is 5.32 Å². The molecule has 1 aromatic heterocycles. The van der Waals surface area contributed by atoms with Crippen molar-refractivity contribution < 1.29 is 19.1 Å². The van der Waals surface area contributed by atoms with Gasteiger partial charge >= 0.3 is 5.97 Å². The zero-order valence-electron chi connectivity index (χ0n) is 9.44. The summed E-state index contributed by atoms with van der Waals surface area (Å²) in [5.74, 6) is -0.434. The third-order valence-electron chi connectivity index (χ3n) is 3.30. The second-order valence-electron chi connectivity index (χ2n) is 4.47. The number of rotatable bonds is 5. The maximum absolute atomic E-state index is 11.6. The van der Waals surface area contributed by atoms with Crippen molar-refractivity contribution in [2.75, 3.05) is 0 Å². The van der Waals surface area contributed by atoms with Crippen molar-refractivity contribution in [1.29, 1.82) is 0 Å². The Labute approximate surface area is 98.8 Å². The maximum Gasteiger partial charge on any atom is 0.310 e. The molecule has 1 fully saturated rings. The number of carboxylic acid groups (broad SMARTS) is 1. The molecule has 2 rings (SSSR count). The number of hydrogen-bond donors (Lipinski definition) is 2. The van der Waals surface area contributed by atoms with Gasteiger partial charge < -0.3 is 14.8 Å². The number of carbonyl (C=O) groups is 2. The molecule has 17 heavy (non-hydrogen) atoms. The Bertz CT molecular complexity index is 406. The van der Waals surface area contributed by atoms with Gasteiger partial charge in [0, 0.05) is 6.42 Å². The van der Waals surface area contributed by atoms with Gasteiger partial charge in [-0.1, -0.05) is 6.42 Å². The van der Waals surface area contributed by atoms with E-state index in [-0.39, 0.29) is 12.3 Å². The van der Waals surface area contributed by atoms with Crippen LogP contribution in [0.5, 0.6) is 0 Å². The fraction of sp³-hybridized carbons (Fsp3) is 0.500. The predicted octanol–water partition coefficient (Wildman–Crippen LogP) is 1.54. The summed E-state index contributed by atoms with van der Waals surface area (Å²) in [6.45, 7) is 0.307. The Kier molecular flexibility index (Phi) is 3.17. The zero-order chi connectivity index (χ0) is 12.3. The molecule has 1 aliphatic carbocycles. The lowest BCUT2D eigenvalue weighted by atomic mass is 9.66. The van der Waals surface area contributed by atoms with Crippen LogP contribution in [0.25, 0.3) is 0 Å². The van der Waals surface area contributed by atoms with Crippen LogP contribution in [0.4, 0.5) is 0 Å². The predicted molar refractivity (Wildman–Crippen MR) is 59.1 cm³/mol. The molecule has 0 spiro atoms. The minimum Gasteiger partial charge on any atom is -0.481 e. The molecule has 1 saturated carbocycles. The summed E-state index contributed by atoms with van der Waals surface area (Å²) in [7, 11) is 0. The Hall–Kier alpha value is -1.78. The highest BCUT2D eigenvalue weighted by Gasteiger charge is 2.45.